The van der Waals surface area contributed by atoms with Crippen LogP contribution in [0.4, 0.5) is 5.69 Å². The minimum atomic E-state index is -0.205. The number of hydrogen-bond acceptors (Lipinski definition) is 2. The van der Waals surface area contributed by atoms with Crippen molar-refractivity contribution in [1.82, 2.24) is 0 Å². The third-order valence-electron chi connectivity index (χ3n) is 3.40. The van der Waals surface area contributed by atoms with Crippen LogP contribution in [-0.2, 0) is 0 Å². The van der Waals surface area contributed by atoms with Crippen LogP contribution in [0, 0.1) is 5.92 Å². The van der Waals surface area contributed by atoms with E-state index < -0.39 is 0 Å². The summed E-state index contributed by atoms with van der Waals surface area (Å²) in [6.07, 6.45) is 6.07. The van der Waals surface area contributed by atoms with Crippen LogP contribution in [0.2, 0.25) is 0 Å². The number of benzene rings is 1. The lowest BCUT2D eigenvalue weighted by Gasteiger charge is -2.16. The van der Waals surface area contributed by atoms with E-state index in [-0.39, 0.29) is 6.10 Å². The minimum absolute atomic E-state index is 0.205. The first-order valence-electron chi connectivity index (χ1n) is 6.31. The lowest BCUT2D eigenvalue weighted by molar-refractivity contribution is 0.155. The molecule has 0 bridgehead atoms. The van der Waals surface area contributed by atoms with E-state index in [4.69, 9.17) is 0 Å². The number of para-hydroxylation sites is 1. The van der Waals surface area contributed by atoms with Gasteiger partial charge in [-0.25, -0.2) is 0 Å². The van der Waals surface area contributed by atoms with Crippen molar-refractivity contribution in [1.29, 1.82) is 0 Å². The number of anilines is 1. The van der Waals surface area contributed by atoms with Crippen LogP contribution in [0.15, 0.2) is 30.3 Å². The zero-order chi connectivity index (χ0) is 11.2. The van der Waals surface area contributed by atoms with E-state index in [1.807, 2.05) is 30.3 Å². The molecule has 0 aliphatic heterocycles. The highest BCUT2D eigenvalue weighted by Gasteiger charge is 2.18. The number of hydrogen-bond donors (Lipinski definition) is 2. The second-order valence-electron chi connectivity index (χ2n) is 4.79. The molecule has 2 rings (SSSR count). The molecule has 16 heavy (non-hydrogen) atoms. The quantitative estimate of drug-likeness (QED) is 0.797. The Labute approximate surface area is 97.7 Å². The van der Waals surface area contributed by atoms with Gasteiger partial charge < -0.3 is 10.4 Å². The maximum absolute atomic E-state index is 9.91. The lowest BCUT2D eigenvalue weighted by Crippen LogP contribution is -2.21. The molecule has 1 unspecified atom stereocenters. The average molecular weight is 219 g/mol. The normalized spacial score (nSPS) is 18.6. The topological polar surface area (TPSA) is 32.3 Å². The van der Waals surface area contributed by atoms with Gasteiger partial charge in [0.2, 0.25) is 0 Å². The molecule has 0 radical (unpaired) electrons. The number of aliphatic hydroxyl groups is 1. The molecular weight excluding hydrogens is 198 g/mol. The SMILES string of the molecule is OC(CNc1ccccc1)CC1CCCC1. The van der Waals surface area contributed by atoms with Gasteiger partial charge in [-0.1, -0.05) is 43.9 Å². The van der Waals surface area contributed by atoms with Crippen LogP contribution in [-0.4, -0.2) is 17.8 Å². The van der Waals surface area contributed by atoms with Crippen LogP contribution in [0.3, 0.4) is 0 Å². The Kier molecular flexibility index (Phi) is 4.23. The molecular formula is C14H21NO. The maximum atomic E-state index is 9.91. The summed E-state index contributed by atoms with van der Waals surface area (Å²) < 4.78 is 0. The monoisotopic (exact) mass is 219 g/mol. The fraction of sp³-hybridized carbons (Fsp3) is 0.571. The van der Waals surface area contributed by atoms with Gasteiger partial charge in [-0.3, -0.25) is 0 Å². The van der Waals surface area contributed by atoms with E-state index in [1.165, 1.54) is 25.7 Å². The van der Waals surface area contributed by atoms with Crippen molar-refractivity contribution in [3.05, 3.63) is 30.3 Å². The summed E-state index contributed by atoms with van der Waals surface area (Å²) in [4.78, 5) is 0. The lowest BCUT2D eigenvalue weighted by atomic mass is 10.00. The van der Waals surface area contributed by atoms with Crippen molar-refractivity contribution in [2.75, 3.05) is 11.9 Å². The third-order valence-corrected chi connectivity index (χ3v) is 3.40. The molecule has 2 nitrogen and oxygen atoms in total. The molecule has 1 saturated carbocycles. The van der Waals surface area contributed by atoms with E-state index in [0.29, 0.717) is 6.54 Å². The van der Waals surface area contributed by atoms with Crippen LogP contribution < -0.4 is 5.32 Å². The van der Waals surface area contributed by atoms with E-state index in [2.05, 4.69) is 5.32 Å². The largest absolute Gasteiger partial charge is 0.391 e. The van der Waals surface area contributed by atoms with Gasteiger partial charge in [0.25, 0.3) is 0 Å². The molecule has 0 aromatic heterocycles. The molecule has 0 saturated heterocycles. The molecule has 88 valence electrons. The summed E-state index contributed by atoms with van der Waals surface area (Å²) in [5, 5.41) is 13.2. The predicted octanol–water partition coefficient (Wildman–Crippen LogP) is 3.04. The summed E-state index contributed by atoms with van der Waals surface area (Å²) in [5.74, 6) is 0.757. The summed E-state index contributed by atoms with van der Waals surface area (Å²) in [5.41, 5.74) is 1.09. The van der Waals surface area contributed by atoms with Crippen LogP contribution >= 0.6 is 0 Å². The van der Waals surface area contributed by atoms with Crippen molar-refractivity contribution in [3.63, 3.8) is 0 Å². The minimum Gasteiger partial charge on any atom is -0.391 e. The first kappa shape index (κ1) is 11.5. The van der Waals surface area contributed by atoms with Crippen molar-refractivity contribution < 1.29 is 5.11 Å². The van der Waals surface area contributed by atoms with E-state index in [0.717, 1.165) is 18.0 Å². The third kappa shape index (κ3) is 3.53. The summed E-state index contributed by atoms with van der Waals surface area (Å²) >= 11 is 0. The van der Waals surface area contributed by atoms with Gasteiger partial charge in [-0.2, -0.15) is 0 Å². The zero-order valence-electron chi connectivity index (χ0n) is 9.73. The number of aliphatic hydroxyl groups excluding tert-OH is 1. The molecule has 0 spiro atoms. The zero-order valence-corrected chi connectivity index (χ0v) is 9.73. The highest BCUT2D eigenvalue weighted by Crippen LogP contribution is 2.28. The van der Waals surface area contributed by atoms with Crippen molar-refractivity contribution in [2.24, 2.45) is 5.92 Å². The van der Waals surface area contributed by atoms with Crippen molar-refractivity contribution in [2.45, 2.75) is 38.2 Å². The van der Waals surface area contributed by atoms with Gasteiger partial charge in [-0.15, -0.1) is 0 Å². The first-order chi connectivity index (χ1) is 7.84. The Morgan fingerprint density at radius 1 is 1.19 bits per heavy atom. The average Bonchev–Trinajstić information content (AvgIpc) is 2.81. The van der Waals surface area contributed by atoms with Gasteiger partial charge in [0.15, 0.2) is 0 Å². The highest BCUT2D eigenvalue weighted by molar-refractivity contribution is 5.42. The molecule has 1 atom stereocenters. The second kappa shape index (κ2) is 5.90. The van der Waals surface area contributed by atoms with Gasteiger partial charge in [0.1, 0.15) is 0 Å². The molecule has 1 aromatic rings. The fourth-order valence-corrected chi connectivity index (χ4v) is 2.51. The Bertz CT molecular complexity index is 293. The molecule has 1 aliphatic carbocycles. The second-order valence-corrected chi connectivity index (χ2v) is 4.79. The van der Waals surface area contributed by atoms with Crippen molar-refractivity contribution in [3.8, 4) is 0 Å². The Morgan fingerprint density at radius 2 is 1.88 bits per heavy atom. The van der Waals surface area contributed by atoms with Crippen LogP contribution in [0.1, 0.15) is 32.1 Å². The van der Waals surface area contributed by atoms with Crippen LogP contribution in [0.25, 0.3) is 0 Å². The number of nitrogens with one attached hydrogen (secondary N) is 1. The smallest absolute Gasteiger partial charge is 0.0715 e. The van der Waals surface area contributed by atoms with Crippen LogP contribution in [0.5, 0.6) is 0 Å². The molecule has 0 heterocycles. The van der Waals surface area contributed by atoms with E-state index >= 15 is 0 Å². The molecule has 1 fully saturated rings. The molecule has 0 amide bonds. The predicted molar refractivity (Wildman–Crippen MR) is 67.5 cm³/mol. The Hall–Kier alpha value is -1.02. The standard InChI is InChI=1S/C14H21NO/c16-14(10-12-6-4-5-7-12)11-15-13-8-2-1-3-9-13/h1-3,8-9,12,14-16H,4-7,10-11H2. The molecule has 1 aliphatic rings. The Morgan fingerprint density at radius 3 is 2.56 bits per heavy atom. The van der Waals surface area contributed by atoms with Gasteiger partial charge >= 0.3 is 0 Å². The molecule has 2 N–H and O–H groups in total. The molecule has 2 heteroatoms. The highest BCUT2D eigenvalue weighted by atomic mass is 16.3. The summed E-state index contributed by atoms with van der Waals surface area (Å²) in [7, 11) is 0. The summed E-state index contributed by atoms with van der Waals surface area (Å²) in [6, 6.07) is 10.1. The van der Waals surface area contributed by atoms with Crippen molar-refractivity contribution >= 4 is 5.69 Å². The van der Waals surface area contributed by atoms with E-state index in [1.54, 1.807) is 0 Å². The fourth-order valence-electron chi connectivity index (χ4n) is 2.51. The first-order valence-corrected chi connectivity index (χ1v) is 6.31. The van der Waals surface area contributed by atoms with Gasteiger partial charge in [0.05, 0.1) is 6.10 Å². The van der Waals surface area contributed by atoms with Gasteiger partial charge in [0, 0.05) is 12.2 Å². The van der Waals surface area contributed by atoms with E-state index in [9.17, 15) is 5.11 Å². The Balaban J connectivity index is 1.69. The van der Waals surface area contributed by atoms with Gasteiger partial charge in [-0.05, 0) is 24.5 Å². The molecule has 1 aromatic carbocycles. The number of rotatable bonds is 5. The summed E-state index contributed by atoms with van der Waals surface area (Å²) in [6.45, 7) is 0.667. The maximum Gasteiger partial charge on any atom is 0.0715 e.